The molecule has 0 spiro atoms. The smallest absolute Gasteiger partial charge is 0.0451 e. The first-order valence-corrected chi connectivity index (χ1v) is 7.17. The summed E-state index contributed by atoms with van der Waals surface area (Å²) in [5.41, 5.74) is 1.04. The second-order valence-corrected chi connectivity index (χ2v) is 5.34. The SMILES string of the molecule is CCC(CCCl)CNCc1cc(Cl)ccc1Cl. The second-order valence-electron chi connectivity index (χ2n) is 4.12. The van der Waals surface area contributed by atoms with Crippen molar-refractivity contribution in [3.8, 4) is 0 Å². The zero-order valence-electron chi connectivity index (χ0n) is 9.98. The van der Waals surface area contributed by atoms with E-state index >= 15 is 0 Å². The van der Waals surface area contributed by atoms with E-state index < -0.39 is 0 Å². The van der Waals surface area contributed by atoms with Crippen LogP contribution in [0.4, 0.5) is 0 Å². The van der Waals surface area contributed by atoms with Gasteiger partial charge in [0.25, 0.3) is 0 Å². The van der Waals surface area contributed by atoms with Crippen molar-refractivity contribution in [2.45, 2.75) is 26.3 Å². The number of hydrogen-bond acceptors (Lipinski definition) is 1. The third-order valence-electron chi connectivity index (χ3n) is 2.85. The van der Waals surface area contributed by atoms with Gasteiger partial charge in [-0.05, 0) is 42.6 Å². The van der Waals surface area contributed by atoms with E-state index in [1.54, 1.807) is 6.07 Å². The Balaban J connectivity index is 2.42. The molecule has 1 atom stereocenters. The molecule has 0 aromatic heterocycles. The van der Waals surface area contributed by atoms with Crippen LogP contribution in [0.25, 0.3) is 0 Å². The molecule has 0 aliphatic carbocycles. The molecule has 0 saturated carbocycles. The maximum Gasteiger partial charge on any atom is 0.0451 e. The van der Waals surface area contributed by atoms with Crippen LogP contribution in [0.1, 0.15) is 25.3 Å². The highest BCUT2D eigenvalue weighted by molar-refractivity contribution is 6.33. The minimum absolute atomic E-state index is 0.630. The molecule has 0 aliphatic rings. The van der Waals surface area contributed by atoms with Crippen molar-refractivity contribution in [3.63, 3.8) is 0 Å². The van der Waals surface area contributed by atoms with Gasteiger partial charge in [0.2, 0.25) is 0 Å². The van der Waals surface area contributed by atoms with Gasteiger partial charge < -0.3 is 5.32 Å². The van der Waals surface area contributed by atoms with Crippen LogP contribution in [-0.2, 0) is 6.54 Å². The molecular formula is C13H18Cl3N. The summed E-state index contributed by atoms with van der Waals surface area (Å²) < 4.78 is 0. The molecule has 0 bridgehead atoms. The van der Waals surface area contributed by atoms with Gasteiger partial charge in [0.15, 0.2) is 0 Å². The molecule has 0 aliphatic heterocycles. The number of rotatable bonds is 7. The molecule has 17 heavy (non-hydrogen) atoms. The number of nitrogens with one attached hydrogen (secondary N) is 1. The van der Waals surface area contributed by atoms with E-state index in [2.05, 4.69) is 12.2 Å². The predicted octanol–water partition coefficient (Wildman–Crippen LogP) is 4.74. The highest BCUT2D eigenvalue weighted by atomic mass is 35.5. The number of benzene rings is 1. The average Bonchev–Trinajstić information content (AvgIpc) is 2.32. The van der Waals surface area contributed by atoms with Gasteiger partial charge in [0.1, 0.15) is 0 Å². The second kappa shape index (κ2) is 8.20. The molecule has 0 fully saturated rings. The van der Waals surface area contributed by atoms with Gasteiger partial charge in [-0.15, -0.1) is 11.6 Å². The minimum atomic E-state index is 0.630. The number of halogens is 3. The molecule has 0 heterocycles. The Morgan fingerprint density at radius 1 is 1.29 bits per heavy atom. The van der Waals surface area contributed by atoms with Crippen LogP contribution < -0.4 is 5.32 Å². The van der Waals surface area contributed by atoms with E-state index in [9.17, 15) is 0 Å². The summed E-state index contributed by atoms with van der Waals surface area (Å²) in [6.45, 7) is 3.90. The molecule has 0 amide bonds. The van der Waals surface area contributed by atoms with Gasteiger partial charge in [-0.2, -0.15) is 0 Å². The van der Waals surface area contributed by atoms with Crippen LogP contribution >= 0.6 is 34.8 Å². The first-order chi connectivity index (χ1) is 8.17. The molecule has 1 unspecified atom stereocenters. The maximum atomic E-state index is 6.09. The van der Waals surface area contributed by atoms with Crippen molar-refractivity contribution in [1.29, 1.82) is 0 Å². The summed E-state index contributed by atoms with van der Waals surface area (Å²) in [4.78, 5) is 0. The maximum absolute atomic E-state index is 6.09. The van der Waals surface area contributed by atoms with E-state index in [-0.39, 0.29) is 0 Å². The molecule has 0 radical (unpaired) electrons. The number of hydrogen-bond donors (Lipinski definition) is 1. The highest BCUT2D eigenvalue weighted by Gasteiger charge is 2.06. The normalized spacial score (nSPS) is 12.7. The Kier molecular flexibility index (Phi) is 7.29. The molecule has 1 nitrogen and oxygen atoms in total. The molecule has 1 N–H and O–H groups in total. The Morgan fingerprint density at radius 2 is 2.06 bits per heavy atom. The van der Waals surface area contributed by atoms with Crippen molar-refractivity contribution in [1.82, 2.24) is 5.32 Å². The van der Waals surface area contributed by atoms with Crippen LogP contribution in [-0.4, -0.2) is 12.4 Å². The van der Waals surface area contributed by atoms with E-state index in [1.165, 1.54) is 0 Å². The Morgan fingerprint density at radius 3 is 2.71 bits per heavy atom. The van der Waals surface area contributed by atoms with Crippen molar-refractivity contribution >= 4 is 34.8 Å². The molecule has 1 aromatic carbocycles. The fourth-order valence-corrected chi connectivity index (χ4v) is 2.38. The van der Waals surface area contributed by atoms with Crippen molar-refractivity contribution in [2.75, 3.05) is 12.4 Å². The lowest BCUT2D eigenvalue weighted by atomic mass is 10.0. The van der Waals surface area contributed by atoms with Crippen molar-refractivity contribution < 1.29 is 0 Å². The Labute approximate surface area is 118 Å². The lowest BCUT2D eigenvalue weighted by Gasteiger charge is -2.14. The molecule has 96 valence electrons. The third kappa shape index (κ3) is 5.48. The molecule has 1 aromatic rings. The predicted molar refractivity (Wildman–Crippen MR) is 77.3 cm³/mol. The van der Waals surface area contributed by atoms with Crippen molar-refractivity contribution in [3.05, 3.63) is 33.8 Å². The van der Waals surface area contributed by atoms with Gasteiger partial charge in [0.05, 0.1) is 0 Å². The van der Waals surface area contributed by atoms with E-state index in [0.29, 0.717) is 5.92 Å². The van der Waals surface area contributed by atoms with Crippen molar-refractivity contribution in [2.24, 2.45) is 5.92 Å². The molecule has 1 rings (SSSR count). The van der Waals surface area contributed by atoms with Crippen LogP contribution in [0.15, 0.2) is 18.2 Å². The van der Waals surface area contributed by atoms with E-state index in [0.717, 1.165) is 47.4 Å². The van der Waals surface area contributed by atoms with Crippen LogP contribution in [0.5, 0.6) is 0 Å². The molecule has 4 heteroatoms. The van der Waals surface area contributed by atoms with Gasteiger partial charge in [-0.3, -0.25) is 0 Å². The number of alkyl halides is 1. The lowest BCUT2D eigenvalue weighted by molar-refractivity contribution is 0.451. The summed E-state index contributed by atoms with van der Waals surface area (Å²) in [7, 11) is 0. The monoisotopic (exact) mass is 293 g/mol. The van der Waals surface area contributed by atoms with Crippen LogP contribution in [0.2, 0.25) is 10.0 Å². The summed E-state index contributed by atoms with van der Waals surface area (Å²) in [6, 6.07) is 5.53. The van der Waals surface area contributed by atoms with Gasteiger partial charge in [-0.1, -0.05) is 36.5 Å². The highest BCUT2D eigenvalue weighted by Crippen LogP contribution is 2.20. The quantitative estimate of drug-likeness (QED) is 0.716. The largest absolute Gasteiger partial charge is 0.312 e. The molecule has 0 saturated heterocycles. The lowest BCUT2D eigenvalue weighted by Crippen LogP contribution is -2.22. The fraction of sp³-hybridized carbons (Fsp3) is 0.538. The standard InChI is InChI=1S/C13H18Cl3N/c1-2-10(5-6-14)8-17-9-11-7-12(15)3-4-13(11)16/h3-4,7,10,17H,2,5-6,8-9H2,1H3. The summed E-state index contributed by atoms with van der Waals surface area (Å²) in [5.74, 6) is 1.35. The van der Waals surface area contributed by atoms with E-state index in [1.807, 2.05) is 12.1 Å². The fourth-order valence-electron chi connectivity index (χ4n) is 1.69. The zero-order chi connectivity index (χ0) is 12.7. The third-order valence-corrected chi connectivity index (χ3v) is 3.67. The molecular weight excluding hydrogens is 277 g/mol. The first-order valence-electron chi connectivity index (χ1n) is 5.88. The first kappa shape index (κ1) is 15.1. The Hall–Kier alpha value is 0.0500. The van der Waals surface area contributed by atoms with Gasteiger partial charge >= 0.3 is 0 Å². The minimum Gasteiger partial charge on any atom is -0.312 e. The summed E-state index contributed by atoms with van der Waals surface area (Å²) in [6.07, 6.45) is 2.19. The Bertz CT molecular complexity index is 341. The van der Waals surface area contributed by atoms with Gasteiger partial charge in [0, 0.05) is 22.5 Å². The van der Waals surface area contributed by atoms with Gasteiger partial charge in [-0.25, -0.2) is 0 Å². The zero-order valence-corrected chi connectivity index (χ0v) is 12.2. The topological polar surface area (TPSA) is 12.0 Å². The average molecular weight is 295 g/mol. The van der Waals surface area contributed by atoms with E-state index in [4.69, 9.17) is 34.8 Å². The van der Waals surface area contributed by atoms with Crippen LogP contribution in [0.3, 0.4) is 0 Å². The summed E-state index contributed by atoms with van der Waals surface area (Å²) in [5, 5.41) is 4.88. The summed E-state index contributed by atoms with van der Waals surface area (Å²) >= 11 is 17.8. The van der Waals surface area contributed by atoms with Crippen LogP contribution in [0, 0.1) is 5.92 Å².